The molecule has 1 aliphatic rings. The van der Waals surface area contributed by atoms with Crippen molar-refractivity contribution in [2.75, 3.05) is 0 Å². The number of nitrogens with one attached hydrogen (secondary N) is 1. The largest absolute Gasteiger partial charge is 0.422 e. The first kappa shape index (κ1) is 11.2. The van der Waals surface area contributed by atoms with E-state index in [1.165, 1.54) is 0 Å². The van der Waals surface area contributed by atoms with Crippen LogP contribution in [0, 0.1) is 5.92 Å². The van der Waals surface area contributed by atoms with Crippen LogP contribution in [0.25, 0.3) is 0 Å². The van der Waals surface area contributed by atoms with Gasteiger partial charge in [0.2, 0.25) is 0 Å². The van der Waals surface area contributed by atoms with E-state index in [1.807, 2.05) is 12.0 Å². The lowest BCUT2D eigenvalue weighted by Crippen LogP contribution is -2.29. The summed E-state index contributed by atoms with van der Waals surface area (Å²) in [5, 5.41) is 5.61. The molecule has 0 saturated heterocycles. The Balaban J connectivity index is 2.63. The number of fused-ring (bicyclic) bond motifs is 1. The third-order valence-corrected chi connectivity index (χ3v) is 2.88. The van der Waals surface area contributed by atoms with Gasteiger partial charge in [-0.05, 0) is 30.7 Å². The number of aryl methyl sites for hydroxylation is 1. The predicted molar refractivity (Wildman–Crippen MR) is 51.0 cm³/mol. The lowest BCUT2D eigenvalue weighted by molar-refractivity contribution is -0.139. The molecule has 0 fully saturated rings. The highest BCUT2D eigenvalue weighted by molar-refractivity contribution is 5.32. The van der Waals surface area contributed by atoms with Crippen LogP contribution in [0.5, 0.6) is 0 Å². The number of hydrogen-bond acceptors (Lipinski definition) is 2. The molecule has 0 radical (unpaired) electrons. The Morgan fingerprint density at radius 2 is 2.12 bits per heavy atom. The summed E-state index contributed by atoms with van der Waals surface area (Å²) in [5.74, 6) is 0.164. The molecule has 1 aliphatic carbocycles. The van der Waals surface area contributed by atoms with Crippen molar-refractivity contribution in [2.24, 2.45) is 5.92 Å². The third-order valence-electron chi connectivity index (χ3n) is 2.88. The molecule has 1 atom stereocenters. The number of aromatic amines is 1. The molecule has 1 aromatic rings. The quantitative estimate of drug-likeness (QED) is 0.742. The fourth-order valence-electron chi connectivity index (χ4n) is 2.08. The molecule has 16 heavy (non-hydrogen) atoms. The molecule has 1 aromatic heterocycles. The van der Waals surface area contributed by atoms with E-state index in [0.717, 1.165) is 6.42 Å². The summed E-state index contributed by atoms with van der Waals surface area (Å²) >= 11 is 0. The summed E-state index contributed by atoms with van der Waals surface area (Å²) < 4.78 is 38.1. The topological polar surface area (TPSA) is 45.8 Å². The highest BCUT2D eigenvalue weighted by Crippen LogP contribution is 2.34. The van der Waals surface area contributed by atoms with Gasteiger partial charge in [0.25, 0.3) is 5.56 Å². The number of hydrogen-bond donors (Lipinski definition) is 1. The summed E-state index contributed by atoms with van der Waals surface area (Å²) in [4.78, 5) is 11.2. The number of nitrogens with zero attached hydrogens (tertiary/aromatic N) is 1. The van der Waals surface area contributed by atoms with Gasteiger partial charge in [0.05, 0.1) is 5.69 Å². The molecule has 0 bridgehead atoms. The van der Waals surface area contributed by atoms with Gasteiger partial charge in [-0.1, -0.05) is 6.92 Å². The smallest absolute Gasteiger partial charge is 0.267 e. The van der Waals surface area contributed by atoms with Crippen LogP contribution in [-0.2, 0) is 19.0 Å². The second-order valence-corrected chi connectivity index (χ2v) is 4.20. The van der Waals surface area contributed by atoms with Gasteiger partial charge >= 0.3 is 6.18 Å². The molecule has 0 aliphatic heterocycles. The molecule has 0 aromatic carbocycles. The molecule has 1 heterocycles. The van der Waals surface area contributed by atoms with Crippen LogP contribution in [0.15, 0.2) is 4.79 Å². The fraction of sp³-hybridized carbons (Fsp3) is 0.600. The van der Waals surface area contributed by atoms with Crippen molar-refractivity contribution in [3.05, 3.63) is 27.2 Å². The van der Waals surface area contributed by atoms with E-state index in [2.05, 4.69) is 5.10 Å². The normalized spacial score (nSPS) is 20.6. The molecule has 0 spiro atoms. The zero-order chi connectivity index (χ0) is 11.9. The van der Waals surface area contributed by atoms with E-state index in [-0.39, 0.29) is 17.9 Å². The van der Waals surface area contributed by atoms with Crippen molar-refractivity contribution in [3.8, 4) is 0 Å². The van der Waals surface area contributed by atoms with Gasteiger partial charge in [0, 0.05) is 0 Å². The molecule has 2 rings (SSSR count). The minimum absolute atomic E-state index is 0.0787. The van der Waals surface area contributed by atoms with Crippen molar-refractivity contribution in [3.63, 3.8) is 0 Å². The molecular weight excluding hydrogens is 221 g/mol. The zero-order valence-electron chi connectivity index (χ0n) is 8.69. The number of aromatic nitrogens is 2. The Kier molecular flexibility index (Phi) is 2.52. The Bertz CT molecular complexity index is 464. The van der Waals surface area contributed by atoms with Crippen molar-refractivity contribution in [2.45, 2.75) is 32.4 Å². The summed E-state index contributed by atoms with van der Waals surface area (Å²) in [6.45, 7) is 1.88. The Morgan fingerprint density at radius 1 is 1.44 bits per heavy atom. The minimum Gasteiger partial charge on any atom is -0.267 e. The van der Waals surface area contributed by atoms with Crippen molar-refractivity contribution < 1.29 is 13.2 Å². The number of alkyl halides is 3. The van der Waals surface area contributed by atoms with Gasteiger partial charge in [-0.3, -0.25) is 4.79 Å². The highest BCUT2D eigenvalue weighted by atomic mass is 19.4. The second-order valence-electron chi connectivity index (χ2n) is 4.20. The summed E-state index contributed by atoms with van der Waals surface area (Å²) in [6, 6.07) is 0. The molecule has 1 N–H and O–H groups in total. The predicted octanol–water partition coefficient (Wildman–Crippen LogP) is 1.91. The third kappa shape index (κ3) is 1.83. The Labute approximate surface area is 89.7 Å². The first-order valence-corrected chi connectivity index (χ1v) is 5.07. The highest BCUT2D eigenvalue weighted by Gasteiger charge is 2.39. The van der Waals surface area contributed by atoms with E-state index >= 15 is 0 Å². The van der Waals surface area contributed by atoms with Gasteiger partial charge < -0.3 is 0 Å². The zero-order valence-corrected chi connectivity index (χ0v) is 8.69. The average molecular weight is 232 g/mol. The van der Waals surface area contributed by atoms with Gasteiger partial charge in [-0.15, -0.1) is 0 Å². The fourth-order valence-corrected chi connectivity index (χ4v) is 2.08. The Hall–Kier alpha value is -1.33. The molecule has 88 valence electrons. The number of rotatable bonds is 0. The lowest BCUT2D eigenvalue weighted by Gasteiger charge is -2.22. The second kappa shape index (κ2) is 3.61. The molecule has 6 heteroatoms. The molecule has 3 nitrogen and oxygen atoms in total. The molecule has 1 unspecified atom stereocenters. The van der Waals surface area contributed by atoms with Crippen LogP contribution < -0.4 is 5.56 Å². The minimum atomic E-state index is -4.60. The van der Waals surface area contributed by atoms with Crippen LogP contribution in [0.4, 0.5) is 13.2 Å². The van der Waals surface area contributed by atoms with Crippen molar-refractivity contribution in [1.29, 1.82) is 0 Å². The molecular formula is C10H11F3N2O. The summed E-state index contributed by atoms with van der Waals surface area (Å²) in [5.41, 5.74) is -1.75. The van der Waals surface area contributed by atoms with Crippen molar-refractivity contribution >= 4 is 0 Å². The van der Waals surface area contributed by atoms with Crippen LogP contribution in [0.1, 0.15) is 30.2 Å². The van der Waals surface area contributed by atoms with E-state index < -0.39 is 17.3 Å². The van der Waals surface area contributed by atoms with E-state index in [1.54, 1.807) is 0 Å². The van der Waals surface area contributed by atoms with Crippen LogP contribution >= 0.6 is 0 Å². The lowest BCUT2D eigenvalue weighted by atomic mass is 9.86. The first-order valence-electron chi connectivity index (χ1n) is 5.07. The molecule has 0 saturated carbocycles. The van der Waals surface area contributed by atoms with Crippen molar-refractivity contribution in [1.82, 2.24) is 10.2 Å². The number of halogens is 3. The van der Waals surface area contributed by atoms with E-state index in [9.17, 15) is 18.0 Å². The maximum atomic E-state index is 12.7. The first-order chi connectivity index (χ1) is 7.39. The standard InChI is InChI=1S/C10H11F3N2O/c1-5-2-3-7-6(4-5)8(10(11,12)13)9(16)15-14-7/h5H,2-4H2,1H3,(H,15,16). The SMILES string of the molecule is CC1CCc2n[nH]c(=O)c(C(F)(F)F)c2C1. The number of H-pyrrole nitrogens is 1. The van der Waals surface area contributed by atoms with E-state index in [4.69, 9.17) is 0 Å². The summed E-state index contributed by atoms with van der Waals surface area (Å²) in [6.07, 6.45) is -3.02. The maximum absolute atomic E-state index is 12.7. The molecule has 0 amide bonds. The average Bonchev–Trinajstić information content (AvgIpc) is 2.14. The van der Waals surface area contributed by atoms with Crippen LogP contribution in [0.3, 0.4) is 0 Å². The Morgan fingerprint density at radius 3 is 2.75 bits per heavy atom. The van der Waals surface area contributed by atoms with Gasteiger partial charge in [0.1, 0.15) is 5.56 Å². The van der Waals surface area contributed by atoms with E-state index in [0.29, 0.717) is 12.1 Å². The van der Waals surface area contributed by atoms with Gasteiger partial charge in [-0.2, -0.15) is 18.3 Å². The van der Waals surface area contributed by atoms with Gasteiger partial charge in [0.15, 0.2) is 0 Å². The monoisotopic (exact) mass is 232 g/mol. The maximum Gasteiger partial charge on any atom is 0.422 e. The summed E-state index contributed by atoms with van der Waals surface area (Å²) in [7, 11) is 0. The van der Waals surface area contributed by atoms with Gasteiger partial charge in [-0.25, -0.2) is 5.10 Å². The van der Waals surface area contributed by atoms with Crippen LogP contribution in [0.2, 0.25) is 0 Å². The van der Waals surface area contributed by atoms with Crippen LogP contribution in [-0.4, -0.2) is 10.2 Å².